The summed E-state index contributed by atoms with van der Waals surface area (Å²) in [7, 11) is 0. The minimum atomic E-state index is 0.337. The molecule has 2 aromatic heterocycles. The van der Waals surface area contributed by atoms with E-state index in [1.54, 1.807) is 13.1 Å². The van der Waals surface area contributed by atoms with Gasteiger partial charge >= 0.3 is 0 Å². The van der Waals surface area contributed by atoms with Gasteiger partial charge in [0.1, 0.15) is 5.82 Å². The Balaban J connectivity index is 2.18. The summed E-state index contributed by atoms with van der Waals surface area (Å²) in [5.41, 5.74) is 4.26. The van der Waals surface area contributed by atoms with E-state index in [0.717, 1.165) is 41.2 Å². The summed E-state index contributed by atoms with van der Waals surface area (Å²) < 4.78 is 0. The van der Waals surface area contributed by atoms with Crippen molar-refractivity contribution in [3.63, 3.8) is 0 Å². The van der Waals surface area contributed by atoms with Crippen LogP contribution in [0.3, 0.4) is 0 Å². The lowest BCUT2D eigenvalue weighted by atomic mass is 10.1. The largest absolute Gasteiger partial charge is 0.368 e. The first kappa shape index (κ1) is 18.6. The molecule has 0 amide bonds. The lowest BCUT2D eigenvalue weighted by Crippen LogP contribution is -2.11. The van der Waals surface area contributed by atoms with Gasteiger partial charge in [-0.1, -0.05) is 13.3 Å². The molecule has 2 aromatic rings. The highest BCUT2D eigenvalue weighted by molar-refractivity contribution is 6.21. The van der Waals surface area contributed by atoms with Gasteiger partial charge in [-0.25, -0.2) is 4.98 Å². The number of allylic oxidation sites excluding steroid dienone is 1. The molecule has 0 unspecified atom stereocenters. The van der Waals surface area contributed by atoms with Crippen LogP contribution in [-0.4, -0.2) is 21.7 Å². The zero-order valence-electron chi connectivity index (χ0n) is 15.4. The minimum absolute atomic E-state index is 0.337. The van der Waals surface area contributed by atoms with Gasteiger partial charge in [0.05, 0.1) is 0 Å². The van der Waals surface area contributed by atoms with Gasteiger partial charge in [0, 0.05) is 52.9 Å². The van der Waals surface area contributed by atoms with Crippen molar-refractivity contribution < 1.29 is 0 Å². The molecule has 0 aromatic carbocycles. The maximum absolute atomic E-state index is 8.07. The van der Waals surface area contributed by atoms with E-state index in [1.807, 2.05) is 36.7 Å². The van der Waals surface area contributed by atoms with Crippen molar-refractivity contribution in [2.75, 3.05) is 10.6 Å². The fourth-order valence-electron chi connectivity index (χ4n) is 2.46. The first-order valence-electron chi connectivity index (χ1n) is 8.69. The Morgan fingerprint density at radius 1 is 1.24 bits per heavy atom. The van der Waals surface area contributed by atoms with Gasteiger partial charge in [0.2, 0.25) is 0 Å². The molecule has 0 aliphatic heterocycles. The number of aromatic nitrogens is 2. The fourth-order valence-corrected chi connectivity index (χ4v) is 2.46. The van der Waals surface area contributed by atoms with E-state index in [0.29, 0.717) is 11.8 Å². The lowest BCUT2D eigenvalue weighted by Gasteiger charge is -2.11. The Morgan fingerprint density at radius 3 is 2.64 bits per heavy atom. The molecule has 3 N–H and O–H groups in total. The van der Waals surface area contributed by atoms with Crippen LogP contribution in [-0.2, 0) is 6.42 Å². The Kier molecular flexibility index (Phi) is 6.69. The van der Waals surface area contributed by atoms with Gasteiger partial charge in [0.25, 0.3) is 0 Å². The van der Waals surface area contributed by atoms with Gasteiger partial charge in [-0.15, -0.1) is 0 Å². The number of pyridine rings is 2. The van der Waals surface area contributed by atoms with E-state index in [-0.39, 0.29) is 0 Å². The van der Waals surface area contributed by atoms with E-state index in [1.165, 1.54) is 0 Å². The second-order valence-electron chi connectivity index (χ2n) is 6.34. The minimum Gasteiger partial charge on any atom is -0.368 e. The molecule has 0 fully saturated rings. The maximum atomic E-state index is 8.07. The highest BCUT2D eigenvalue weighted by Gasteiger charge is 2.06. The zero-order chi connectivity index (χ0) is 18.2. The highest BCUT2D eigenvalue weighted by atomic mass is 15.0. The third-order valence-electron chi connectivity index (χ3n) is 3.62. The molecule has 0 atom stereocenters. The van der Waals surface area contributed by atoms with Crippen LogP contribution in [0.2, 0.25) is 0 Å². The SMILES string of the molecule is CCCc1cc(N/C=C(\C(C)=N)c2ccc(NC(C)C)nc2)ccn1. The van der Waals surface area contributed by atoms with E-state index >= 15 is 0 Å². The van der Waals surface area contributed by atoms with Gasteiger partial charge < -0.3 is 16.0 Å². The molecule has 0 aliphatic carbocycles. The summed E-state index contributed by atoms with van der Waals surface area (Å²) in [6.45, 7) is 8.08. The van der Waals surface area contributed by atoms with Crippen LogP contribution in [0.5, 0.6) is 0 Å². The number of hydrogen-bond donors (Lipinski definition) is 3. The maximum Gasteiger partial charge on any atom is 0.126 e. The Morgan fingerprint density at radius 2 is 2.04 bits per heavy atom. The van der Waals surface area contributed by atoms with Crippen molar-refractivity contribution in [2.24, 2.45) is 0 Å². The van der Waals surface area contributed by atoms with Crippen molar-refractivity contribution >= 4 is 22.8 Å². The molecule has 5 nitrogen and oxygen atoms in total. The van der Waals surface area contributed by atoms with E-state index in [2.05, 4.69) is 41.4 Å². The average Bonchev–Trinajstić information content (AvgIpc) is 2.56. The quantitative estimate of drug-likeness (QED) is 0.608. The standard InChI is InChI=1S/C20H27N5/c1-5-6-17-11-18(9-10-22-17)23-13-19(15(4)21)16-7-8-20(24-12-16)25-14(2)3/h7-14,21H,5-6H2,1-4H3,(H,22,23)(H,24,25)/b19-13+,21-15?. The highest BCUT2D eigenvalue weighted by Crippen LogP contribution is 2.18. The Labute approximate surface area is 150 Å². The Bertz CT molecular complexity index is 732. The lowest BCUT2D eigenvalue weighted by molar-refractivity contribution is 0.883. The second kappa shape index (κ2) is 8.97. The number of aryl methyl sites for hydroxylation is 1. The van der Waals surface area contributed by atoms with E-state index in [4.69, 9.17) is 5.41 Å². The fraction of sp³-hybridized carbons (Fsp3) is 0.350. The molecule has 0 aliphatic rings. The van der Waals surface area contributed by atoms with Crippen molar-refractivity contribution in [2.45, 2.75) is 46.6 Å². The molecule has 25 heavy (non-hydrogen) atoms. The summed E-state index contributed by atoms with van der Waals surface area (Å²) in [4.78, 5) is 8.79. The van der Waals surface area contributed by atoms with Gasteiger partial charge in [-0.2, -0.15) is 0 Å². The van der Waals surface area contributed by atoms with Crippen LogP contribution in [0, 0.1) is 5.41 Å². The first-order chi connectivity index (χ1) is 12.0. The molecule has 0 saturated carbocycles. The molecule has 5 heteroatoms. The number of nitrogens with zero attached hydrogens (tertiary/aromatic N) is 2. The van der Waals surface area contributed by atoms with Crippen molar-refractivity contribution in [3.8, 4) is 0 Å². The predicted octanol–water partition coefficient (Wildman–Crippen LogP) is 4.74. The van der Waals surface area contributed by atoms with Crippen molar-refractivity contribution in [1.82, 2.24) is 9.97 Å². The van der Waals surface area contributed by atoms with Crippen molar-refractivity contribution in [3.05, 3.63) is 54.1 Å². The summed E-state index contributed by atoms with van der Waals surface area (Å²) >= 11 is 0. The van der Waals surface area contributed by atoms with E-state index in [9.17, 15) is 0 Å². The Hall–Kier alpha value is -2.69. The third kappa shape index (κ3) is 5.71. The molecule has 0 spiro atoms. The molecule has 0 bridgehead atoms. The molecule has 2 rings (SSSR count). The number of nitrogens with one attached hydrogen (secondary N) is 3. The van der Waals surface area contributed by atoms with Crippen LogP contribution in [0.15, 0.2) is 42.9 Å². The third-order valence-corrected chi connectivity index (χ3v) is 3.62. The average molecular weight is 337 g/mol. The van der Waals surface area contributed by atoms with E-state index < -0.39 is 0 Å². The molecule has 2 heterocycles. The number of anilines is 2. The molecular formula is C20H27N5. The molecule has 0 radical (unpaired) electrons. The normalized spacial score (nSPS) is 11.5. The van der Waals surface area contributed by atoms with Crippen LogP contribution < -0.4 is 10.6 Å². The molecular weight excluding hydrogens is 310 g/mol. The second-order valence-corrected chi connectivity index (χ2v) is 6.34. The summed E-state index contributed by atoms with van der Waals surface area (Å²) in [6.07, 6.45) is 7.50. The topological polar surface area (TPSA) is 73.7 Å². The van der Waals surface area contributed by atoms with Crippen LogP contribution in [0.25, 0.3) is 5.57 Å². The number of hydrogen-bond acceptors (Lipinski definition) is 5. The molecule has 132 valence electrons. The summed E-state index contributed by atoms with van der Waals surface area (Å²) in [6, 6.07) is 8.24. The first-order valence-corrected chi connectivity index (χ1v) is 8.69. The van der Waals surface area contributed by atoms with Gasteiger partial charge in [-0.3, -0.25) is 4.98 Å². The summed E-state index contributed by atoms with van der Waals surface area (Å²) in [5, 5.41) is 14.6. The van der Waals surface area contributed by atoms with Crippen LogP contribution >= 0.6 is 0 Å². The zero-order valence-corrected chi connectivity index (χ0v) is 15.4. The summed E-state index contributed by atoms with van der Waals surface area (Å²) in [5.74, 6) is 0.840. The van der Waals surface area contributed by atoms with Crippen molar-refractivity contribution in [1.29, 1.82) is 5.41 Å². The van der Waals surface area contributed by atoms with Crippen LogP contribution in [0.1, 0.15) is 45.4 Å². The van der Waals surface area contributed by atoms with Gasteiger partial charge in [0.15, 0.2) is 0 Å². The predicted molar refractivity (Wildman–Crippen MR) is 106 cm³/mol. The molecule has 0 saturated heterocycles. The van der Waals surface area contributed by atoms with Crippen LogP contribution in [0.4, 0.5) is 11.5 Å². The monoisotopic (exact) mass is 337 g/mol. The van der Waals surface area contributed by atoms with Gasteiger partial charge in [-0.05, 0) is 51.5 Å². The smallest absolute Gasteiger partial charge is 0.126 e. The number of rotatable bonds is 8.